The van der Waals surface area contributed by atoms with E-state index in [9.17, 15) is 4.79 Å². The van der Waals surface area contributed by atoms with Crippen LogP contribution in [0.1, 0.15) is 28.5 Å². The lowest BCUT2D eigenvalue weighted by molar-refractivity contribution is 0.0698. The van der Waals surface area contributed by atoms with Gasteiger partial charge in [0.15, 0.2) is 0 Å². The van der Waals surface area contributed by atoms with Crippen molar-refractivity contribution < 1.29 is 9.90 Å². The van der Waals surface area contributed by atoms with Gasteiger partial charge in [-0.05, 0) is 24.6 Å². The number of anilines is 2. The van der Waals surface area contributed by atoms with E-state index in [1.807, 2.05) is 13.2 Å². The molecule has 6 nitrogen and oxygen atoms in total. The van der Waals surface area contributed by atoms with Gasteiger partial charge in [0, 0.05) is 36.7 Å². The molecule has 0 bridgehead atoms. The van der Waals surface area contributed by atoms with Crippen LogP contribution in [-0.4, -0.2) is 20.9 Å². The molecule has 4 N–H and O–H groups in total. The molecule has 0 amide bonds. The predicted molar refractivity (Wildman–Crippen MR) is 77.7 cm³/mol. The first kappa shape index (κ1) is 13.9. The normalized spacial score (nSPS) is 10.5. The molecular weight excluding hydrogens is 256 g/mol. The van der Waals surface area contributed by atoms with Gasteiger partial charge in [0.1, 0.15) is 0 Å². The number of carboxylic acid groups (broad SMARTS) is 1. The summed E-state index contributed by atoms with van der Waals surface area (Å²) in [6, 6.07) is 4.84. The van der Waals surface area contributed by atoms with Crippen LogP contribution in [0.3, 0.4) is 0 Å². The Hall–Kier alpha value is -2.50. The summed E-state index contributed by atoms with van der Waals surface area (Å²) in [7, 11) is 1.89. The predicted octanol–water partition coefficient (Wildman–Crippen LogP) is 1.88. The molecule has 0 aliphatic rings. The van der Waals surface area contributed by atoms with Crippen molar-refractivity contribution in [3.05, 3.63) is 41.2 Å². The van der Waals surface area contributed by atoms with Crippen LogP contribution in [0.2, 0.25) is 0 Å². The molecule has 1 aromatic heterocycles. The smallest absolute Gasteiger partial charge is 0.337 e. The van der Waals surface area contributed by atoms with Gasteiger partial charge in [0.2, 0.25) is 0 Å². The number of nitrogens with two attached hydrogens (primary N) is 1. The van der Waals surface area contributed by atoms with Gasteiger partial charge in [0.25, 0.3) is 0 Å². The molecule has 20 heavy (non-hydrogen) atoms. The molecule has 1 heterocycles. The summed E-state index contributed by atoms with van der Waals surface area (Å²) in [5, 5.41) is 16.5. The van der Waals surface area contributed by atoms with Crippen molar-refractivity contribution in [3.63, 3.8) is 0 Å². The lowest BCUT2D eigenvalue weighted by atomic mass is 10.1. The van der Waals surface area contributed by atoms with Crippen LogP contribution in [0, 0.1) is 0 Å². The third-order valence-corrected chi connectivity index (χ3v) is 3.09. The second-order valence-corrected chi connectivity index (χ2v) is 4.59. The van der Waals surface area contributed by atoms with Crippen molar-refractivity contribution in [2.24, 2.45) is 7.05 Å². The number of nitrogen functional groups attached to an aromatic ring is 1. The molecule has 1 aromatic carbocycles. The molecule has 0 fully saturated rings. The molecule has 0 radical (unpaired) electrons. The highest BCUT2D eigenvalue weighted by Gasteiger charge is 2.09. The van der Waals surface area contributed by atoms with E-state index >= 15 is 0 Å². The summed E-state index contributed by atoms with van der Waals surface area (Å²) < 4.78 is 1.79. The molecule has 0 atom stereocenters. The SMILES string of the molecule is CCc1nn(C)cc1CNc1ccc(C(=O)O)c(N)c1. The zero-order valence-electron chi connectivity index (χ0n) is 11.6. The van der Waals surface area contributed by atoms with E-state index in [1.54, 1.807) is 16.8 Å². The van der Waals surface area contributed by atoms with E-state index in [1.165, 1.54) is 6.07 Å². The highest BCUT2D eigenvalue weighted by molar-refractivity contribution is 5.94. The molecule has 0 spiro atoms. The number of hydrogen-bond acceptors (Lipinski definition) is 4. The van der Waals surface area contributed by atoms with E-state index in [-0.39, 0.29) is 11.3 Å². The van der Waals surface area contributed by atoms with Gasteiger partial charge in [-0.15, -0.1) is 0 Å². The number of aromatic nitrogens is 2. The minimum Gasteiger partial charge on any atom is -0.478 e. The molecule has 106 valence electrons. The zero-order chi connectivity index (χ0) is 14.7. The zero-order valence-corrected chi connectivity index (χ0v) is 11.6. The number of carbonyl (C=O) groups is 1. The van der Waals surface area contributed by atoms with Crippen LogP contribution in [0.25, 0.3) is 0 Å². The maximum atomic E-state index is 10.9. The fraction of sp³-hybridized carbons (Fsp3) is 0.286. The average Bonchev–Trinajstić information content (AvgIpc) is 2.76. The maximum absolute atomic E-state index is 10.9. The molecule has 0 saturated heterocycles. The van der Waals surface area contributed by atoms with Crippen LogP contribution in [0.15, 0.2) is 24.4 Å². The van der Waals surface area contributed by atoms with Crippen molar-refractivity contribution in [1.82, 2.24) is 9.78 Å². The van der Waals surface area contributed by atoms with Crippen molar-refractivity contribution in [1.29, 1.82) is 0 Å². The number of aromatic carboxylic acids is 1. The van der Waals surface area contributed by atoms with Crippen molar-refractivity contribution in [2.75, 3.05) is 11.1 Å². The molecule has 6 heteroatoms. The lowest BCUT2D eigenvalue weighted by Crippen LogP contribution is -2.05. The first-order valence-corrected chi connectivity index (χ1v) is 6.39. The Balaban J connectivity index is 2.11. The van der Waals surface area contributed by atoms with Gasteiger partial charge in [-0.25, -0.2) is 4.79 Å². The third-order valence-electron chi connectivity index (χ3n) is 3.09. The largest absolute Gasteiger partial charge is 0.478 e. The maximum Gasteiger partial charge on any atom is 0.337 e. The Labute approximate surface area is 117 Å². The summed E-state index contributed by atoms with van der Waals surface area (Å²) in [6.07, 6.45) is 2.85. The monoisotopic (exact) mass is 274 g/mol. The summed E-state index contributed by atoms with van der Waals surface area (Å²) in [6.45, 7) is 2.69. The summed E-state index contributed by atoms with van der Waals surface area (Å²) >= 11 is 0. The van der Waals surface area contributed by atoms with E-state index < -0.39 is 5.97 Å². The highest BCUT2D eigenvalue weighted by Crippen LogP contribution is 2.19. The number of rotatable bonds is 5. The van der Waals surface area contributed by atoms with Crippen molar-refractivity contribution in [2.45, 2.75) is 19.9 Å². The molecule has 0 aliphatic carbocycles. The van der Waals surface area contributed by atoms with Gasteiger partial charge >= 0.3 is 5.97 Å². The van der Waals surface area contributed by atoms with Gasteiger partial charge in [-0.1, -0.05) is 6.92 Å². The molecule has 0 saturated carbocycles. The number of benzene rings is 1. The van der Waals surface area contributed by atoms with Gasteiger partial charge in [-0.3, -0.25) is 4.68 Å². The standard InChI is InChI=1S/C14H18N4O2/c1-3-13-9(8-18(2)17-13)7-16-10-4-5-11(14(19)20)12(15)6-10/h4-6,8,16H,3,7,15H2,1-2H3,(H,19,20). The fourth-order valence-corrected chi connectivity index (χ4v) is 2.09. The minimum atomic E-state index is -1.02. The molecule has 2 aromatic rings. The topological polar surface area (TPSA) is 93.2 Å². The lowest BCUT2D eigenvalue weighted by Gasteiger charge is -2.08. The second-order valence-electron chi connectivity index (χ2n) is 4.59. The highest BCUT2D eigenvalue weighted by atomic mass is 16.4. The fourth-order valence-electron chi connectivity index (χ4n) is 2.09. The molecule has 2 rings (SSSR count). The van der Waals surface area contributed by atoms with E-state index in [0.29, 0.717) is 6.54 Å². The Bertz CT molecular complexity index is 634. The Morgan fingerprint density at radius 1 is 1.50 bits per heavy atom. The summed E-state index contributed by atoms with van der Waals surface area (Å²) in [5.41, 5.74) is 9.05. The number of carboxylic acids is 1. The molecule has 0 aliphatic heterocycles. The van der Waals surface area contributed by atoms with Crippen LogP contribution >= 0.6 is 0 Å². The van der Waals surface area contributed by atoms with Crippen LogP contribution in [-0.2, 0) is 20.0 Å². The number of nitrogens with zero attached hydrogens (tertiary/aromatic N) is 2. The Kier molecular flexibility index (Phi) is 3.93. The minimum absolute atomic E-state index is 0.117. The van der Waals surface area contributed by atoms with Crippen LogP contribution in [0.5, 0.6) is 0 Å². The van der Waals surface area contributed by atoms with Gasteiger partial charge < -0.3 is 16.2 Å². The Morgan fingerprint density at radius 3 is 2.85 bits per heavy atom. The molecule has 0 unspecified atom stereocenters. The van der Waals surface area contributed by atoms with Crippen molar-refractivity contribution in [3.8, 4) is 0 Å². The summed E-state index contributed by atoms with van der Waals surface area (Å²) in [5.74, 6) is -1.02. The number of hydrogen-bond donors (Lipinski definition) is 3. The van der Waals surface area contributed by atoms with Gasteiger partial charge in [0.05, 0.1) is 11.3 Å². The van der Waals surface area contributed by atoms with Crippen molar-refractivity contribution >= 4 is 17.3 Å². The number of aryl methyl sites for hydroxylation is 2. The van der Waals surface area contributed by atoms with Gasteiger partial charge in [-0.2, -0.15) is 5.10 Å². The van der Waals surface area contributed by atoms with E-state index in [0.717, 1.165) is 23.4 Å². The first-order chi connectivity index (χ1) is 9.51. The first-order valence-electron chi connectivity index (χ1n) is 6.39. The summed E-state index contributed by atoms with van der Waals surface area (Å²) in [4.78, 5) is 10.9. The average molecular weight is 274 g/mol. The molecular formula is C14H18N4O2. The number of nitrogens with one attached hydrogen (secondary N) is 1. The third kappa shape index (κ3) is 2.90. The second kappa shape index (κ2) is 5.64. The van der Waals surface area contributed by atoms with E-state index in [4.69, 9.17) is 10.8 Å². The Morgan fingerprint density at radius 2 is 2.25 bits per heavy atom. The van der Waals surface area contributed by atoms with Crippen LogP contribution < -0.4 is 11.1 Å². The quantitative estimate of drug-likeness (QED) is 0.724. The van der Waals surface area contributed by atoms with E-state index in [2.05, 4.69) is 17.3 Å². The van der Waals surface area contributed by atoms with Crippen LogP contribution in [0.4, 0.5) is 11.4 Å².